The molecule has 2 aliphatic rings. The smallest absolute Gasteiger partial charge is 0.327 e. The van der Waals surface area contributed by atoms with Gasteiger partial charge in [0, 0.05) is 13.1 Å². The summed E-state index contributed by atoms with van der Waals surface area (Å²) in [7, 11) is -3.15. The fourth-order valence-corrected chi connectivity index (χ4v) is 4.64. The maximum Gasteiger partial charge on any atom is 0.338 e. The van der Waals surface area contributed by atoms with Crippen molar-refractivity contribution in [2.75, 3.05) is 32.5 Å². The third-order valence-corrected chi connectivity index (χ3v) is 6.12. The van der Waals surface area contributed by atoms with E-state index in [-0.39, 0.29) is 18.0 Å². The van der Waals surface area contributed by atoms with Gasteiger partial charge < -0.3 is 14.4 Å². The average molecular weight is 346 g/mol. The molecule has 2 heterocycles. The molecular formula is C14H27N4O4P. The average Bonchev–Trinajstić information content (AvgIpc) is 2.81. The van der Waals surface area contributed by atoms with E-state index in [0.29, 0.717) is 19.6 Å². The zero-order chi connectivity index (χ0) is 16.9. The van der Waals surface area contributed by atoms with Crippen molar-refractivity contribution < 1.29 is 18.4 Å². The molecule has 23 heavy (non-hydrogen) atoms. The standard InChI is InChI=1S/C14H27N4O4P/c1-3-21-23(20,22-4-2)11-8-12-13(15)18(14(19)16-12)17-9-6-5-7-10-17/h12,15H,3-11H2,1-2H3,(H,16,19). The van der Waals surface area contributed by atoms with Crippen LogP contribution in [0.15, 0.2) is 0 Å². The molecule has 2 N–H and O–H groups in total. The van der Waals surface area contributed by atoms with E-state index in [1.165, 1.54) is 5.01 Å². The Hall–Kier alpha value is -0.950. The van der Waals surface area contributed by atoms with Crippen molar-refractivity contribution >= 4 is 19.5 Å². The van der Waals surface area contributed by atoms with Gasteiger partial charge in [0.05, 0.1) is 25.4 Å². The molecule has 0 spiro atoms. The van der Waals surface area contributed by atoms with Crippen LogP contribution in [0.4, 0.5) is 4.79 Å². The van der Waals surface area contributed by atoms with Crippen molar-refractivity contribution in [1.29, 1.82) is 5.41 Å². The summed E-state index contributed by atoms with van der Waals surface area (Å²) >= 11 is 0. The van der Waals surface area contributed by atoms with E-state index in [2.05, 4.69) is 5.32 Å². The molecule has 8 nitrogen and oxygen atoms in total. The van der Waals surface area contributed by atoms with E-state index in [4.69, 9.17) is 14.5 Å². The van der Waals surface area contributed by atoms with Gasteiger partial charge in [-0.3, -0.25) is 9.97 Å². The fraction of sp³-hybridized carbons (Fsp3) is 0.857. The minimum Gasteiger partial charge on any atom is -0.327 e. The Kier molecular flexibility index (Phi) is 6.59. The van der Waals surface area contributed by atoms with Crippen molar-refractivity contribution in [3.63, 3.8) is 0 Å². The van der Waals surface area contributed by atoms with E-state index in [1.54, 1.807) is 13.8 Å². The molecule has 2 aliphatic heterocycles. The van der Waals surface area contributed by atoms with Gasteiger partial charge in [-0.2, -0.15) is 0 Å². The lowest BCUT2D eigenvalue weighted by atomic mass is 10.1. The highest BCUT2D eigenvalue weighted by molar-refractivity contribution is 7.53. The molecule has 0 aromatic carbocycles. The molecule has 0 aromatic heterocycles. The van der Waals surface area contributed by atoms with Crippen molar-refractivity contribution in [1.82, 2.24) is 15.3 Å². The zero-order valence-electron chi connectivity index (χ0n) is 13.9. The zero-order valence-corrected chi connectivity index (χ0v) is 14.8. The number of rotatable bonds is 8. The monoisotopic (exact) mass is 346 g/mol. The molecule has 2 fully saturated rings. The molecule has 2 rings (SSSR count). The second kappa shape index (κ2) is 8.24. The molecule has 0 bridgehead atoms. The first kappa shape index (κ1) is 18.4. The summed E-state index contributed by atoms with van der Waals surface area (Å²) in [6.45, 7) is 5.74. The van der Waals surface area contributed by atoms with Crippen LogP contribution in [-0.4, -0.2) is 60.4 Å². The highest BCUT2D eigenvalue weighted by atomic mass is 31.2. The number of hydrogen-bond acceptors (Lipinski definition) is 6. The van der Waals surface area contributed by atoms with E-state index < -0.39 is 13.6 Å². The maximum absolute atomic E-state index is 12.5. The quantitative estimate of drug-likeness (QED) is 0.658. The normalized spacial score (nSPS) is 23.4. The van der Waals surface area contributed by atoms with E-state index in [1.807, 2.05) is 5.01 Å². The summed E-state index contributed by atoms with van der Waals surface area (Å²) in [4.78, 5) is 12.2. The molecule has 0 aliphatic carbocycles. The summed E-state index contributed by atoms with van der Waals surface area (Å²) in [5.41, 5.74) is 0. The van der Waals surface area contributed by atoms with Crippen LogP contribution in [0.1, 0.15) is 39.5 Å². The topological polar surface area (TPSA) is 95.0 Å². The molecule has 1 atom stereocenters. The Labute approximate surface area is 137 Å². The number of amidine groups is 1. The summed E-state index contributed by atoms with van der Waals surface area (Å²) < 4.78 is 23.0. The number of nitrogens with one attached hydrogen (secondary N) is 2. The number of hydrazine groups is 1. The minimum absolute atomic E-state index is 0.190. The van der Waals surface area contributed by atoms with Gasteiger partial charge in [-0.1, -0.05) is 6.42 Å². The van der Waals surface area contributed by atoms with Crippen molar-refractivity contribution in [3.8, 4) is 0 Å². The lowest BCUT2D eigenvalue weighted by Crippen LogP contribution is -2.49. The predicted molar refractivity (Wildman–Crippen MR) is 87.7 cm³/mol. The third kappa shape index (κ3) is 4.53. The van der Waals surface area contributed by atoms with Crippen LogP contribution in [0.5, 0.6) is 0 Å². The number of carbonyl (C=O) groups excluding carboxylic acids is 1. The van der Waals surface area contributed by atoms with Crippen LogP contribution in [-0.2, 0) is 13.6 Å². The molecule has 9 heteroatoms. The minimum atomic E-state index is -3.15. The van der Waals surface area contributed by atoms with Crippen LogP contribution in [0, 0.1) is 5.41 Å². The summed E-state index contributed by atoms with van der Waals surface area (Å²) in [5, 5.41) is 14.4. The van der Waals surface area contributed by atoms with Gasteiger partial charge in [0.25, 0.3) is 0 Å². The van der Waals surface area contributed by atoms with Gasteiger partial charge in [0.1, 0.15) is 5.84 Å². The van der Waals surface area contributed by atoms with Gasteiger partial charge in [0.2, 0.25) is 0 Å². The molecular weight excluding hydrogens is 319 g/mol. The Bertz CT molecular complexity index is 471. The molecule has 0 saturated carbocycles. The highest BCUT2D eigenvalue weighted by Crippen LogP contribution is 2.48. The highest BCUT2D eigenvalue weighted by Gasteiger charge is 2.40. The Morgan fingerprint density at radius 3 is 2.39 bits per heavy atom. The lowest BCUT2D eigenvalue weighted by molar-refractivity contribution is 0.0608. The third-order valence-electron chi connectivity index (χ3n) is 4.01. The van der Waals surface area contributed by atoms with Gasteiger partial charge in [-0.05, 0) is 33.1 Å². The summed E-state index contributed by atoms with van der Waals surface area (Å²) in [6, 6.07) is -0.719. The Morgan fingerprint density at radius 1 is 1.22 bits per heavy atom. The fourth-order valence-electron chi connectivity index (χ4n) is 2.95. The molecule has 0 radical (unpaired) electrons. The summed E-state index contributed by atoms with van der Waals surface area (Å²) in [5.74, 6) is 0.219. The number of nitrogens with zero attached hydrogens (tertiary/aromatic N) is 2. The first-order valence-electron chi connectivity index (χ1n) is 8.32. The number of carbonyl (C=O) groups is 1. The van der Waals surface area contributed by atoms with Crippen LogP contribution in [0.3, 0.4) is 0 Å². The van der Waals surface area contributed by atoms with Gasteiger partial charge in [-0.15, -0.1) is 0 Å². The first-order valence-corrected chi connectivity index (χ1v) is 10.1. The second-order valence-electron chi connectivity index (χ2n) is 5.67. The van der Waals surface area contributed by atoms with Crippen LogP contribution in [0.25, 0.3) is 0 Å². The number of piperidine rings is 1. The number of urea groups is 1. The predicted octanol–water partition coefficient (Wildman–Crippen LogP) is 2.41. The maximum atomic E-state index is 12.5. The van der Waals surface area contributed by atoms with E-state index >= 15 is 0 Å². The second-order valence-corrected chi connectivity index (χ2v) is 7.86. The van der Waals surface area contributed by atoms with Gasteiger partial charge in [-0.25, -0.2) is 14.8 Å². The van der Waals surface area contributed by atoms with Gasteiger partial charge in [0.15, 0.2) is 0 Å². The number of hydrogen-bond donors (Lipinski definition) is 2. The van der Waals surface area contributed by atoms with Crippen LogP contribution < -0.4 is 5.32 Å². The molecule has 2 amide bonds. The summed E-state index contributed by atoms with van der Waals surface area (Å²) in [6.07, 6.45) is 3.79. The Morgan fingerprint density at radius 2 is 1.83 bits per heavy atom. The van der Waals surface area contributed by atoms with Crippen molar-refractivity contribution in [3.05, 3.63) is 0 Å². The van der Waals surface area contributed by atoms with Crippen LogP contribution >= 0.6 is 7.60 Å². The molecule has 2 saturated heterocycles. The van der Waals surface area contributed by atoms with E-state index in [9.17, 15) is 9.36 Å². The van der Waals surface area contributed by atoms with Crippen LogP contribution in [0.2, 0.25) is 0 Å². The first-order chi connectivity index (χ1) is 11.0. The molecule has 0 aromatic rings. The lowest BCUT2D eigenvalue weighted by Gasteiger charge is -2.33. The molecule has 1 unspecified atom stereocenters. The van der Waals surface area contributed by atoms with Crippen molar-refractivity contribution in [2.45, 2.75) is 45.6 Å². The molecule has 132 valence electrons. The SMILES string of the molecule is CCOP(=O)(CCC1NC(=O)N(N2CCCCC2)C1=N)OCC. The number of amides is 2. The van der Waals surface area contributed by atoms with Crippen molar-refractivity contribution in [2.24, 2.45) is 0 Å². The Balaban J connectivity index is 1.95. The van der Waals surface area contributed by atoms with E-state index in [0.717, 1.165) is 32.4 Å². The van der Waals surface area contributed by atoms with Gasteiger partial charge >= 0.3 is 13.6 Å². The largest absolute Gasteiger partial charge is 0.338 e.